The molecule has 1 fully saturated rings. The van der Waals surface area contributed by atoms with Gasteiger partial charge in [0.2, 0.25) is 0 Å². The van der Waals surface area contributed by atoms with E-state index in [9.17, 15) is 10.1 Å². The van der Waals surface area contributed by atoms with Crippen LogP contribution in [0.15, 0.2) is 18.2 Å². The number of halogens is 1. The highest BCUT2D eigenvalue weighted by molar-refractivity contribution is 6.31. The lowest BCUT2D eigenvalue weighted by Crippen LogP contribution is -2.48. The van der Waals surface area contributed by atoms with Crippen molar-refractivity contribution < 1.29 is 9.66 Å². The molecule has 0 bridgehead atoms. The van der Waals surface area contributed by atoms with Crippen LogP contribution >= 0.6 is 11.6 Å². The van der Waals surface area contributed by atoms with Crippen LogP contribution in [0, 0.1) is 10.1 Å². The number of nitro groups is 1. The first-order valence-electron chi connectivity index (χ1n) is 5.76. The van der Waals surface area contributed by atoms with Gasteiger partial charge in [-0.05, 0) is 19.4 Å². The maximum Gasteiger partial charge on any atom is 0.274 e. The van der Waals surface area contributed by atoms with E-state index in [-0.39, 0.29) is 11.8 Å². The van der Waals surface area contributed by atoms with E-state index in [0.717, 1.165) is 0 Å². The lowest BCUT2D eigenvalue weighted by Gasteiger charge is -2.27. The number of rotatable bonds is 3. The molecule has 0 amide bonds. The van der Waals surface area contributed by atoms with Crippen LogP contribution in [-0.4, -0.2) is 23.2 Å². The zero-order valence-corrected chi connectivity index (χ0v) is 10.8. The van der Waals surface area contributed by atoms with Crippen LogP contribution in [0.4, 0.5) is 5.69 Å². The molecule has 1 saturated heterocycles. The van der Waals surface area contributed by atoms with Crippen LogP contribution < -0.4 is 5.73 Å². The van der Waals surface area contributed by atoms with Gasteiger partial charge in [-0.15, -0.1) is 0 Å². The molecule has 0 spiro atoms. The number of nitrogens with zero attached hydrogens (tertiary/aromatic N) is 1. The predicted octanol–water partition coefficient (Wildman–Crippen LogP) is 2.30. The summed E-state index contributed by atoms with van der Waals surface area (Å²) >= 11 is 6.06. The Morgan fingerprint density at radius 2 is 2.39 bits per heavy atom. The standard InChI is InChI=1S/C12H15ClN2O3/c1-8-12(14,5-6-18-8)7-9-10(13)3-2-4-11(9)15(16)17/h2-4,8H,5-7,14H2,1H3. The van der Waals surface area contributed by atoms with E-state index < -0.39 is 10.5 Å². The van der Waals surface area contributed by atoms with E-state index >= 15 is 0 Å². The Labute approximate surface area is 110 Å². The summed E-state index contributed by atoms with van der Waals surface area (Å²) in [6.45, 7) is 2.46. The molecule has 6 heteroatoms. The molecule has 1 aliphatic rings. The Kier molecular flexibility index (Phi) is 3.56. The zero-order chi connectivity index (χ0) is 13.3. The largest absolute Gasteiger partial charge is 0.377 e. The Hall–Kier alpha value is -1.17. The molecule has 1 heterocycles. The highest BCUT2D eigenvalue weighted by atomic mass is 35.5. The topological polar surface area (TPSA) is 78.4 Å². The third kappa shape index (κ3) is 2.34. The van der Waals surface area contributed by atoms with Gasteiger partial charge in [0, 0.05) is 24.6 Å². The van der Waals surface area contributed by atoms with E-state index in [0.29, 0.717) is 30.0 Å². The summed E-state index contributed by atoms with van der Waals surface area (Å²) in [6, 6.07) is 4.67. The molecule has 2 N–H and O–H groups in total. The number of hydrogen-bond acceptors (Lipinski definition) is 4. The summed E-state index contributed by atoms with van der Waals surface area (Å²) in [4.78, 5) is 10.6. The number of nitrogens with two attached hydrogens (primary N) is 1. The Morgan fingerprint density at radius 3 is 2.94 bits per heavy atom. The van der Waals surface area contributed by atoms with Crippen LogP contribution in [0.3, 0.4) is 0 Å². The molecule has 5 nitrogen and oxygen atoms in total. The lowest BCUT2D eigenvalue weighted by molar-refractivity contribution is -0.385. The molecule has 2 atom stereocenters. The number of nitro benzene ring substituents is 1. The first kappa shape index (κ1) is 13.3. The molecule has 1 aromatic carbocycles. The van der Waals surface area contributed by atoms with Crippen molar-refractivity contribution in [1.82, 2.24) is 0 Å². The first-order valence-corrected chi connectivity index (χ1v) is 6.14. The van der Waals surface area contributed by atoms with Crippen molar-refractivity contribution in [3.05, 3.63) is 38.9 Å². The number of hydrogen-bond donors (Lipinski definition) is 1. The predicted molar refractivity (Wildman–Crippen MR) is 68.8 cm³/mol. The van der Waals surface area contributed by atoms with Crippen LogP contribution in [-0.2, 0) is 11.2 Å². The highest BCUT2D eigenvalue weighted by Crippen LogP contribution is 2.34. The molecule has 1 aliphatic heterocycles. The molecular weight excluding hydrogens is 256 g/mol. The summed E-state index contributed by atoms with van der Waals surface area (Å²) in [5.74, 6) is 0. The molecule has 98 valence electrons. The molecule has 2 unspecified atom stereocenters. The maximum atomic E-state index is 11.0. The normalized spacial score (nSPS) is 27.4. The minimum absolute atomic E-state index is 0.0198. The summed E-state index contributed by atoms with van der Waals surface area (Å²) < 4.78 is 5.44. The highest BCUT2D eigenvalue weighted by Gasteiger charge is 2.39. The van der Waals surface area contributed by atoms with E-state index in [1.807, 2.05) is 6.92 Å². The van der Waals surface area contributed by atoms with Crippen molar-refractivity contribution >= 4 is 17.3 Å². The molecule has 18 heavy (non-hydrogen) atoms. The van der Waals surface area contributed by atoms with Gasteiger partial charge in [-0.3, -0.25) is 10.1 Å². The van der Waals surface area contributed by atoms with E-state index in [4.69, 9.17) is 22.1 Å². The first-order chi connectivity index (χ1) is 8.44. The van der Waals surface area contributed by atoms with E-state index in [2.05, 4.69) is 0 Å². The minimum atomic E-state index is -0.588. The fourth-order valence-electron chi connectivity index (χ4n) is 2.25. The second-order valence-electron chi connectivity index (χ2n) is 4.67. The average molecular weight is 271 g/mol. The number of benzene rings is 1. The smallest absolute Gasteiger partial charge is 0.274 e. The Bertz CT molecular complexity index is 480. The van der Waals surface area contributed by atoms with Gasteiger partial charge in [-0.1, -0.05) is 17.7 Å². The SMILES string of the molecule is CC1OCCC1(N)Cc1c(Cl)cccc1[N+](=O)[O-]. The number of ether oxygens (including phenoxy) is 1. The molecule has 0 radical (unpaired) electrons. The van der Waals surface area contributed by atoms with Crippen molar-refractivity contribution in [2.45, 2.75) is 31.4 Å². The third-order valence-corrected chi connectivity index (χ3v) is 3.90. The van der Waals surface area contributed by atoms with Crippen molar-refractivity contribution in [2.24, 2.45) is 5.73 Å². The zero-order valence-electron chi connectivity index (χ0n) is 10.1. The van der Waals surface area contributed by atoms with Gasteiger partial charge < -0.3 is 10.5 Å². The van der Waals surface area contributed by atoms with Gasteiger partial charge in [0.15, 0.2) is 0 Å². The quantitative estimate of drug-likeness (QED) is 0.675. The van der Waals surface area contributed by atoms with E-state index in [1.165, 1.54) is 6.07 Å². The van der Waals surface area contributed by atoms with E-state index in [1.54, 1.807) is 12.1 Å². The molecule has 2 rings (SSSR count). The molecule has 0 saturated carbocycles. The van der Waals surface area contributed by atoms with Gasteiger partial charge in [0.25, 0.3) is 5.69 Å². The van der Waals surface area contributed by atoms with Crippen LogP contribution in [0.25, 0.3) is 0 Å². The molecule has 0 aromatic heterocycles. The second-order valence-corrected chi connectivity index (χ2v) is 5.07. The van der Waals surface area contributed by atoms with Crippen molar-refractivity contribution in [3.8, 4) is 0 Å². The van der Waals surface area contributed by atoms with Crippen molar-refractivity contribution in [1.29, 1.82) is 0 Å². The van der Waals surface area contributed by atoms with Crippen LogP contribution in [0.1, 0.15) is 18.9 Å². The van der Waals surface area contributed by atoms with Gasteiger partial charge in [0.05, 0.1) is 21.6 Å². The van der Waals surface area contributed by atoms with Gasteiger partial charge >= 0.3 is 0 Å². The third-order valence-electron chi connectivity index (χ3n) is 3.54. The van der Waals surface area contributed by atoms with Crippen molar-refractivity contribution in [2.75, 3.05) is 6.61 Å². The fraction of sp³-hybridized carbons (Fsp3) is 0.500. The Balaban J connectivity index is 2.37. The summed E-state index contributed by atoms with van der Waals surface area (Å²) in [6.07, 6.45) is 0.897. The Morgan fingerprint density at radius 1 is 1.67 bits per heavy atom. The summed E-state index contributed by atoms with van der Waals surface area (Å²) in [5, 5.41) is 11.4. The lowest BCUT2D eigenvalue weighted by atomic mass is 9.85. The summed E-state index contributed by atoms with van der Waals surface area (Å²) in [7, 11) is 0. The van der Waals surface area contributed by atoms with Gasteiger partial charge in [-0.25, -0.2) is 0 Å². The average Bonchev–Trinajstić information content (AvgIpc) is 2.62. The van der Waals surface area contributed by atoms with Gasteiger partial charge in [0.1, 0.15) is 0 Å². The maximum absolute atomic E-state index is 11.0. The van der Waals surface area contributed by atoms with Gasteiger partial charge in [-0.2, -0.15) is 0 Å². The molecular formula is C12H15ClN2O3. The monoisotopic (exact) mass is 270 g/mol. The van der Waals surface area contributed by atoms with Crippen LogP contribution in [0.5, 0.6) is 0 Å². The van der Waals surface area contributed by atoms with Crippen molar-refractivity contribution in [3.63, 3.8) is 0 Å². The fourth-order valence-corrected chi connectivity index (χ4v) is 2.49. The minimum Gasteiger partial charge on any atom is -0.377 e. The molecule has 1 aromatic rings. The summed E-state index contributed by atoms with van der Waals surface area (Å²) in [5.41, 5.74) is 6.19. The second kappa shape index (κ2) is 4.84. The van der Waals surface area contributed by atoms with Crippen LogP contribution in [0.2, 0.25) is 5.02 Å². The molecule has 0 aliphatic carbocycles.